The highest BCUT2D eigenvalue weighted by atomic mass is 15.0. The lowest BCUT2D eigenvalue weighted by Gasteiger charge is -2.07. The van der Waals surface area contributed by atoms with E-state index in [4.69, 9.17) is 0 Å². The summed E-state index contributed by atoms with van der Waals surface area (Å²) in [6, 6.07) is 0. The number of hydrogen-bond acceptors (Lipinski definition) is 1. The number of unbranched alkanes of at least 4 members (excludes halogenated alkanes) is 28. The van der Waals surface area contributed by atoms with Crippen molar-refractivity contribution in [2.24, 2.45) is 0 Å². The second-order valence-electron chi connectivity index (χ2n) is 12.2. The van der Waals surface area contributed by atoms with Crippen LogP contribution in [0, 0.1) is 0 Å². The van der Waals surface area contributed by atoms with E-state index in [-0.39, 0.29) is 0 Å². The minimum absolute atomic E-state index is 1.23. The predicted octanol–water partition coefficient (Wildman–Crippen LogP) is 13.7. The molecule has 0 aromatic rings. The molecular weight excluding hydrogens is 458 g/mol. The fourth-order valence-electron chi connectivity index (χ4n) is 5.44. The van der Waals surface area contributed by atoms with E-state index in [2.05, 4.69) is 50.3 Å². The number of hydrogen-bond donors (Lipinski definition) is 0. The van der Waals surface area contributed by atoms with Crippen LogP contribution >= 0.6 is 0 Å². The highest BCUT2D eigenvalue weighted by Gasteiger charge is 1.95. The number of allylic oxidation sites excluding steroid dienone is 2. The Hall–Kier alpha value is -0.720. The Morgan fingerprint density at radius 2 is 0.526 bits per heavy atom. The third-order valence-electron chi connectivity index (χ3n) is 8.13. The first-order valence-electron chi connectivity index (χ1n) is 17.9. The summed E-state index contributed by atoms with van der Waals surface area (Å²) in [4.78, 5) is 2.23. The molecule has 0 N–H and O–H groups in total. The first-order valence-corrected chi connectivity index (χ1v) is 17.9. The molecule has 0 aliphatic heterocycles. The molecule has 1 nitrogen and oxygen atoms in total. The van der Waals surface area contributed by atoms with E-state index in [1.54, 1.807) is 0 Å². The van der Waals surface area contributed by atoms with E-state index in [1.807, 2.05) is 0 Å². The summed E-state index contributed by atoms with van der Waals surface area (Å²) < 4.78 is 0. The van der Waals surface area contributed by atoms with Gasteiger partial charge in [0.2, 0.25) is 0 Å². The molecule has 0 unspecified atom stereocenters. The maximum atomic E-state index is 2.36. The Bertz CT molecular complexity index is 423. The lowest BCUT2D eigenvalue weighted by molar-refractivity contribution is 0.535. The van der Waals surface area contributed by atoms with E-state index >= 15 is 0 Å². The van der Waals surface area contributed by atoms with Gasteiger partial charge in [0.1, 0.15) is 0 Å². The van der Waals surface area contributed by atoms with Gasteiger partial charge >= 0.3 is 0 Å². The van der Waals surface area contributed by atoms with Gasteiger partial charge in [0.15, 0.2) is 0 Å². The first-order chi connectivity index (χ1) is 18.8. The molecule has 0 saturated carbocycles. The van der Waals surface area contributed by atoms with Crippen molar-refractivity contribution in [3.05, 3.63) is 24.6 Å². The molecule has 0 atom stereocenters. The number of rotatable bonds is 32. The fraction of sp³-hybridized carbons (Fsp3) is 0.892. The number of nitrogens with zero attached hydrogens (tertiary/aromatic N) is 1. The predicted molar refractivity (Wildman–Crippen MR) is 176 cm³/mol. The van der Waals surface area contributed by atoms with Crippen LogP contribution in [0.3, 0.4) is 0 Å². The van der Waals surface area contributed by atoms with Gasteiger partial charge in [0.25, 0.3) is 0 Å². The van der Waals surface area contributed by atoms with E-state index < -0.39 is 0 Å². The lowest BCUT2D eigenvalue weighted by Crippen LogP contribution is -1.99. The van der Waals surface area contributed by atoms with Crippen LogP contribution in [-0.4, -0.2) is 11.9 Å². The molecule has 0 bridgehead atoms. The van der Waals surface area contributed by atoms with Crippen LogP contribution in [0.1, 0.15) is 206 Å². The summed E-state index contributed by atoms with van der Waals surface area (Å²) >= 11 is 0. The molecule has 38 heavy (non-hydrogen) atoms. The molecule has 0 aliphatic carbocycles. The molecule has 0 heterocycles. The second-order valence-corrected chi connectivity index (χ2v) is 12.2. The van der Waals surface area contributed by atoms with Crippen LogP contribution in [0.2, 0.25) is 0 Å². The maximum Gasteiger partial charge on any atom is 0.0106 e. The highest BCUT2D eigenvalue weighted by Crippen LogP contribution is 2.15. The summed E-state index contributed by atoms with van der Waals surface area (Å²) in [7, 11) is 2.17. The largest absolute Gasteiger partial charge is 0.358 e. The van der Waals surface area contributed by atoms with Crippen molar-refractivity contribution < 1.29 is 0 Å². The van der Waals surface area contributed by atoms with Crippen LogP contribution in [-0.2, 0) is 0 Å². The third kappa shape index (κ3) is 33.3. The van der Waals surface area contributed by atoms with Gasteiger partial charge in [0.05, 0.1) is 0 Å². The van der Waals surface area contributed by atoms with Gasteiger partial charge in [-0.1, -0.05) is 193 Å². The Labute approximate surface area is 242 Å². The van der Waals surface area contributed by atoms with E-state index in [1.165, 1.54) is 193 Å². The van der Waals surface area contributed by atoms with Gasteiger partial charge < -0.3 is 4.90 Å². The Kier molecular flexibility index (Phi) is 33.7. The maximum absolute atomic E-state index is 2.36. The monoisotopic (exact) mass is 532 g/mol. The van der Waals surface area contributed by atoms with Crippen LogP contribution in [0.25, 0.3) is 0 Å². The molecule has 1 heteroatoms. The average Bonchev–Trinajstić information content (AvgIpc) is 2.92. The highest BCUT2D eigenvalue weighted by molar-refractivity contribution is 4.90. The van der Waals surface area contributed by atoms with Crippen molar-refractivity contribution in [1.82, 2.24) is 4.90 Å². The molecule has 0 spiro atoms. The summed E-state index contributed by atoms with van der Waals surface area (Å²) in [5, 5.41) is 0. The molecule has 0 radical (unpaired) electrons. The minimum Gasteiger partial charge on any atom is -0.358 e. The van der Waals surface area contributed by atoms with Crippen molar-refractivity contribution in [2.75, 3.05) is 7.05 Å². The van der Waals surface area contributed by atoms with Gasteiger partial charge in [0, 0.05) is 7.05 Å². The van der Waals surface area contributed by atoms with Crippen molar-refractivity contribution in [2.45, 2.75) is 206 Å². The summed E-state index contributed by atoms with van der Waals surface area (Å²) in [6.07, 6.45) is 52.0. The smallest absolute Gasteiger partial charge is 0.0106 e. The van der Waals surface area contributed by atoms with Crippen molar-refractivity contribution in [3.63, 3.8) is 0 Å². The molecule has 226 valence electrons. The van der Waals surface area contributed by atoms with Crippen molar-refractivity contribution >= 4 is 0 Å². The summed E-state index contributed by atoms with van der Waals surface area (Å²) in [6.45, 7) is 4.60. The third-order valence-corrected chi connectivity index (χ3v) is 8.13. The van der Waals surface area contributed by atoms with E-state index in [0.717, 1.165) is 0 Å². The quantitative estimate of drug-likeness (QED) is 0.0780. The lowest BCUT2D eigenvalue weighted by atomic mass is 10.0. The SMILES string of the molecule is CCCCCCCCCCCCCCCC/C=C/N(C)/C=C/CCCCCCCCCCCCCCCC. The van der Waals surface area contributed by atoms with Gasteiger partial charge in [-0.25, -0.2) is 0 Å². The average molecular weight is 532 g/mol. The summed E-state index contributed by atoms with van der Waals surface area (Å²) in [5.41, 5.74) is 0. The van der Waals surface area contributed by atoms with Gasteiger partial charge in [-0.15, -0.1) is 0 Å². The van der Waals surface area contributed by atoms with E-state index in [0.29, 0.717) is 0 Å². The zero-order chi connectivity index (χ0) is 27.6. The molecule has 0 fully saturated rings. The molecule has 0 aromatic heterocycles. The van der Waals surface area contributed by atoms with Gasteiger partial charge in [-0.3, -0.25) is 0 Å². The van der Waals surface area contributed by atoms with Crippen LogP contribution in [0.4, 0.5) is 0 Å². The molecule has 0 aliphatic rings. The molecule has 0 amide bonds. The second kappa shape index (κ2) is 34.3. The topological polar surface area (TPSA) is 3.24 Å². The zero-order valence-electron chi connectivity index (χ0n) is 27.0. The van der Waals surface area contributed by atoms with Crippen LogP contribution < -0.4 is 0 Å². The Morgan fingerprint density at radius 3 is 0.763 bits per heavy atom. The van der Waals surface area contributed by atoms with Crippen molar-refractivity contribution in [1.29, 1.82) is 0 Å². The fourth-order valence-corrected chi connectivity index (χ4v) is 5.44. The summed E-state index contributed by atoms with van der Waals surface area (Å²) in [5.74, 6) is 0. The zero-order valence-corrected chi connectivity index (χ0v) is 27.0. The molecule has 0 aromatic carbocycles. The van der Waals surface area contributed by atoms with Crippen LogP contribution in [0.5, 0.6) is 0 Å². The Balaban J connectivity index is 3.28. The standard InChI is InChI=1S/C37H73N/c1-4-6-8-10-12-14-16-18-20-22-24-26-28-30-32-34-36-38(3)37-35-33-31-29-27-25-23-21-19-17-15-13-11-9-7-5-2/h34-37H,4-33H2,1-3H3/b36-34+,37-35+. The minimum atomic E-state index is 1.23. The van der Waals surface area contributed by atoms with Crippen LogP contribution in [0.15, 0.2) is 24.6 Å². The Morgan fingerprint density at radius 1 is 0.316 bits per heavy atom. The van der Waals surface area contributed by atoms with Crippen molar-refractivity contribution in [3.8, 4) is 0 Å². The first kappa shape index (κ1) is 37.3. The van der Waals surface area contributed by atoms with Gasteiger partial charge in [-0.2, -0.15) is 0 Å². The molecular formula is C37H73N. The molecule has 0 saturated heterocycles. The van der Waals surface area contributed by atoms with E-state index in [9.17, 15) is 0 Å². The van der Waals surface area contributed by atoms with Gasteiger partial charge in [-0.05, 0) is 38.1 Å². The normalized spacial score (nSPS) is 11.9. The molecule has 0 rings (SSSR count).